The Morgan fingerprint density at radius 2 is 1.68 bits per heavy atom. The Morgan fingerprint density at radius 3 is 2.41 bits per heavy atom. The summed E-state index contributed by atoms with van der Waals surface area (Å²) in [7, 11) is 0. The molecule has 0 aliphatic rings. The summed E-state index contributed by atoms with van der Waals surface area (Å²) >= 11 is 5.97. The van der Waals surface area contributed by atoms with E-state index in [2.05, 4.69) is 5.32 Å². The van der Waals surface area contributed by atoms with Gasteiger partial charge in [0.05, 0.1) is 23.3 Å². The van der Waals surface area contributed by atoms with Crippen LogP contribution in [0.4, 0.5) is 5.82 Å². The van der Waals surface area contributed by atoms with E-state index in [0.29, 0.717) is 51.8 Å². The molecule has 0 radical (unpaired) electrons. The second kappa shape index (κ2) is 9.03. The predicted molar refractivity (Wildman–Crippen MR) is 135 cm³/mol. The van der Waals surface area contributed by atoms with Gasteiger partial charge < -0.3 is 15.8 Å². The SMILES string of the molecule is CCOc1ccccc1-n1c(N)c(C(=O)NCc2ccc(Cl)cc2)c2nc3ccccc3nc21. The molecule has 5 rings (SSSR count). The summed E-state index contributed by atoms with van der Waals surface area (Å²) in [5.41, 5.74) is 10.8. The van der Waals surface area contributed by atoms with Gasteiger partial charge in [0.1, 0.15) is 22.6 Å². The standard InChI is InChI=1S/C26H22ClN5O2/c1-2-34-21-10-6-5-9-20(21)32-24(28)22(26(33)29-15-16-11-13-17(27)14-12-16)23-25(32)31-19-8-4-3-7-18(19)30-23/h3-14H,2,15,28H2,1H3,(H,29,33). The Hall–Kier alpha value is -4.10. The van der Waals surface area contributed by atoms with Crippen LogP contribution in [0, 0.1) is 0 Å². The topological polar surface area (TPSA) is 95.1 Å². The zero-order valence-corrected chi connectivity index (χ0v) is 19.2. The van der Waals surface area contributed by atoms with Gasteiger partial charge in [0, 0.05) is 11.6 Å². The first kappa shape index (κ1) is 21.7. The van der Waals surface area contributed by atoms with Gasteiger partial charge in [0.2, 0.25) is 0 Å². The summed E-state index contributed by atoms with van der Waals surface area (Å²) < 4.78 is 7.56. The average molecular weight is 472 g/mol. The Kier molecular flexibility index (Phi) is 5.77. The van der Waals surface area contributed by atoms with Crippen LogP contribution in [0.3, 0.4) is 0 Å². The van der Waals surface area contributed by atoms with E-state index < -0.39 is 0 Å². The van der Waals surface area contributed by atoms with Crippen molar-refractivity contribution in [3.05, 3.63) is 88.9 Å². The van der Waals surface area contributed by atoms with Crippen molar-refractivity contribution in [1.29, 1.82) is 0 Å². The molecule has 2 heterocycles. The third-order valence-corrected chi connectivity index (χ3v) is 5.75. The Bertz CT molecular complexity index is 1510. The second-order valence-electron chi connectivity index (χ2n) is 7.69. The number of nitrogens with one attached hydrogen (secondary N) is 1. The van der Waals surface area contributed by atoms with Crippen molar-refractivity contribution in [1.82, 2.24) is 19.9 Å². The average Bonchev–Trinajstić information content (AvgIpc) is 3.13. The molecule has 5 aromatic rings. The molecule has 1 amide bonds. The number of nitrogens with zero attached hydrogens (tertiary/aromatic N) is 3. The monoisotopic (exact) mass is 471 g/mol. The molecule has 0 unspecified atom stereocenters. The molecular weight excluding hydrogens is 450 g/mol. The lowest BCUT2D eigenvalue weighted by molar-refractivity contribution is 0.0953. The van der Waals surface area contributed by atoms with E-state index in [9.17, 15) is 4.79 Å². The summed E-state index contributed by atoms with van der Waals surface area (Å²) in [6.07, 6.45) is 0. The van der Waals surface area contributed by atoms with Crippen LogP contribution in [0.15, 0.2) is 72.8 Å². The number of nitrogens with two attached hydrogens (primary N) is 1. The largest absolute Gasteiger partial charge is 0.492 e. The lowest BCUT2D eigenvalue weighted by Crippen LogP contribution is -2.24. The van der Waals surface area contributed by atoms with Crippen LogP contribution in [0.2, 0.25) is 5.02 Å². The van der Waals surface area contributed by atoms with Crippen molar-refractivity contribution in [3.8, 4) is 11.4 Å². The van der Waals surface area contributed by atoms with Gasteiger partial charge in [0.15, 0.2) is 5.65 Å². The molecule has 0 atom stereocenters. The summed E-state index contributed by atoms with van der Waals surface area (Å²) in [5.74, 6) is 0.539. The molecule has 8 heteroatoms. The molecule has 3 aromatic carbocycles. The lowest BCUT2D eigenvalue weighted by atomic mass is 10.2. The van der Waals surface area contributed by atoms with Crippen molar-refractivity contribution in [2.24, 2.45) is 0 Å². The summed E-state index contributed by atoms with van der Waals surface area (Å²) in [5, 5.41) is 3.58. The molecular formula is C26H22ClN5O2. The fraction of sp³-hybridized carbons (Fsp3) is 0.115. The van der Waals surface area contributed by atoms with E-state index in [1.54, 1.807) is 16.7 Å². The highest BCUT2D eigenvalue weighted by molar-refractivity contribution is 6.30. The molecule has 0 bridgehead atoms. The summed E-state index contributed by atoms with van der Waals surface area (Å²) in [4.78, 5) is 23.0. The molecule has 7 nitrogen and oxygen atoms in total. The zero-order chi connectivity index (χ0) is 23.7. The van der Waals surface area contributed by atoms with Crippen molar-refractivity contribution in [3.63, 3.8) is 0 Å². The van der Waals surface area contributed by atoms with E-state index in [4.69, 9.17) is 32.0 Å². The Balaban J connectivity index is 1.67. The van der Waals surface area contributed by atoms with Crippen LogP contribution >= 0.6 is 11.6 Å². The van der Waals surface area contributed by atoms with Crippen molar-refractivity contribution in [2.45, 2.75) is 13.5 Å². The summed E-state index contributed by atoms with van der Waals surface area (Å²) in [6, 6.07) is 22.3. The molecule has 0 spiro atoms. The summed E-state index contributed by atoms with van der Waals surface area (Å²) in [6.45, 7) is 2.72. The van der Waals surface area contributed by atoms with E-state index >= 15 is 0 Å². The van der Waals surface area contributed by atoms with Gasteiger partial charge in [-0.2, -0.15) is 0 Å². The minimum Gasteiger partial charge on any atom is -0.492 e. The number of fused-ring (bicyclic) bond motifs is 2. The normalized spacial score (nSPS) is 11.1. The van der Waals surface area contributed by atoms with E-state index in [1.165, 1.54) is 0 Å². The highest BCUT2D eigenvalue weighted by Gasteiger charge is 2.26. The smallest absolute Gasteiger partial charge is 0.257 e. The van der Waals surface area contributed by atoms with E-state index in [-0.39, 0.29) is 17.3 Å². The van der Waals surface area contributed by atoms with Crippen LogP contribution in [-0.2, 0) is 6.54 Å². The molecule has 0 saturated carbocycles. The third-order valence-electron chi connectivity index (χ3n) is 5.50. The van der Waals surface area contributed by atoms with Crippen LogP contribution in [-0.4, -0.2) is 27.0 Å². The van der Waals surface area contributed by atoms with Crippen LogP contribution in [0.25, 0.3) is 27.9 Å². The highest BCUT2D eigenvalue weighted by atomic mass is 35.5. The highest BCUT2D eigenvalue weighted by Crippen LogP contribution is 2.34. The fourth-order valence-corrected chi connectivity index (χ4v) is 4.05. The molecule has 170 valence electrons. The maximum absolute atomic E-state index is 13.4. The number of para-hydroxylation sites is 4. The molecule has 3 N–H and O–H groups in total. The predicted octanol–water partition coefficient (Wildman–Crippen LogP) is 5.14. The number of amides is 1. The number of ether oxygens (including phenoxy) is 1. The number of rotatable bonds is 6. The second-order valence-corrected chi connectivity index (χ2v) is 8.13. The quantitative estimate of drug-likeness (QED) is 0.357. The first-order valence-corrected chi connectivity index (χ1v) is 11.3. The number of anilines is 1. The fourth-order valence-electron chi connectivity index (χ4n) is 3.92. The number of halogens is 1. The molecule has 2 aromatic heterocycles. The zero-order valence-electron chi connectivity index (χ0n) is 18.5. The van der Waals surface area contributed by atoms with Crippen molar-refractivity contribution in [2.75, 3.05) is 12.3 Å². The number of carbonyl (C=O) groups is 1. The maximum atomic E-state index is 13.4. The molecule has 0 fully saturated rings. The van der Waals surface area contributed by atoms with Crippen molar-refractivity contribution >= 4 is 45.5 Å². The third kappa shape index (κ3) is 3.91. The number of benzene rings is 3. The number of aromatic nitrogens is 3. The number of nitrogen functional groups attached to an aromatic ring is 1. The first-order valence-electron chi connectivity index (χ1n) is 10.9. The van der Waals surface area contributed by atoms with Gasteiger partial charge in [-0.15, -0.1) is 0 Å². The molecule has 0 aliphatic heterocycles. The number of hydrogen-bond acceptors (Lipinski definition) is 5. The van der Waals surface area contributed by atoms with Gasteiger partial charge in [-0.3, -0.25) is 9.36 Å². The Labute approximate surface area is 201 Å². The van der Waals surface area contributed by atoms with Gasteiger partial charge in [-0.25, -0.2) is 9.97 Å². The van der Waals surface area contributed by atoms with Crippen molar-refractivity contribution < 1.29 is 9.53 Å². The minimum atomic E-state index is -0.338. The van der Waals surface area contributed by atoms with E-state index in [1.807, 2.05) is 67.6 Å². The van der Waals surface area contributed by atoms with E-state index in [0.717, 1.165) is 5.56 Å². The van der Waals surface area contributed by atoms with Gasteiger partial charge in [-0.1, -0.05) is 48.0 Å². The Morgan fingerprint density at radius 1 is 1.00 bits per heavy atom. The van der Waals surface area contributed by atoms with Crippen LogP contribution < -0.4 is 15.8 Å². The lowest BCUT2D eigenvalue weighted by Gasteiger charge is -2.13. The minimum absolute atomic E-state index is 0.242. The van der Waals surface area contributed by atoms with Gasteiger partial charge in [0.25, 0.3) is 5.91 Å². The first-order chi connectivity index (χ1) is 16.6. The van der Waals surface area contributed by atoms with Crippen LogP contribution in [0.1, 0.15) is 22.8 Å². The maximum Gasteiger partial charge on any atom is 0.257 e. The molecule has 34 heavy (non-hydrogen) atoms. The van der Waals surface area contributed by atoms with Gasteiger partial charge >= 0.3 is 0 Å². The molecule has 0 aliphatic carbocycles. The van der Waals surface area contributed by atoms with Gasteiger partial charge in [-0.05, 0) is 48.9 Å². The molecule has 0 saturated heterocycles. The number of carbonyl (C=O) groups excluding carboxylic acids is 1. The number of hydrogen-bond donors (Lipinski definition) is 2. The van der Waals surface area contributed by atoms with Crippen LogP contribution in [0.5, 0.6) is 5.75 Å².